The van der Waals surface area contributed by atoms with Crippen molar-refractivity contribution < 1.29 is 14.6 Å². The van der Waals surface area contributed by atoms with Gasteiger partial charge in [0.05, 0.1) is 17.9 Å². The van der Waals surface area contributed by atoms with Gasteiger partial charge in [0.1, 0.15) is 9.88 Å². The molecule has 1 saturated heterocycles. The van der Waals surface area contributed by atoms with Gasteiger partial charge in [-0.2, -0.15) is 0 Å². The average molecular weight is 346 g/mol. The zero-order chi connectivity index (χ0) is 17.3. The summed E-state index contributed by atoms with van der Waals surface area (Å²) in [6.07, 6.45) is 0.529. The normalized spacial score (nSPS) is 21.8. The van der Waals surface area contributed by atoms with Crippen molar-refractivity contribution in [3.8, 4) is 10.6 Å². The van der Waals surface area contributed by atoms with Gasteiger partial charge in [-0.1, -0.05) is 24.3 Å². The van der Waals surface area contributed by atoms with Gasteiger partial charge in [-0.15, -0.1) is 11.3 Å². The van der Waals surface area contributed by atoms with E-state index >= 15 is 0 Å². The van der Waals surface area contributed by atoms with Crippen LogP contribution in [0.1, 0.15) is 34.8 Å². The van der Waals surface area contributed by atoms with Crippen molar-refractivity contribution in [3.63, 3.8) is 0 Å². The molecular formula is C18H22N2O3S. The third kappa shape index (κ3) is 3.83. The van der Waals surface area contributed by atoms with Crippen molar-refractivity contribution in [3.05, 3.63) is 40.4 Å². The molecule has 2 atom stereocenters. The second kappa shape index (κ2) is 7.01. The standard InChI is InChI=1S/C18H22N2O3S/c1-11-8-20(9-12(2)23-11)10-14-4-6-15(7-5-14)17-19-13(3)16(24-17)18(21)22/h4-7,11-12H,8-10H2,1-3H3,(H,21,22). The van der Waals surface area contributed by atoms with E-state index in [0.29, 0.717) is 10.6 Å². The molecule has 2 aromatic rings. The zero-order valence-corrected chi connectivity index (χ0v) is 15.0. The van der Waals surface area contributed by atoms with E-state index < -0.39 is 5.97 Å². The van der Waals surface area contributed by atoms with Crippen molar-refractivity contribution in [2.24, 2.45) is 0 Å². The number of benzene rings is 1. The van der Waals surface area contributed by atoms with Gasteiger partial charge in [0, 0.05) is 25.2 Å². The summed E-state index contributed by atoms with van der Waals surface area (Å²) < 4.78 is 5.77. The van der Waals surface area contributed by atoms with Crippen LogP contribution in [0, 0.1) is 6.92 Å². The molecule has 128 valence electrons. The SMILES string of the molecule is Cc1nc(-c2ccc(CN3CC(C)OC(C)C3)cc2)sc1C(=O)O. The average Bonchev–Trinajstić information content (AvgIpc) is 2.89. The van der Waals surface area contributed by atoms with Gasteiger partial charge in [-0.3, -0.25) is 4.90 Å². The van der Waals surface area contributed by atoms with E-state index in [0.717, 1.165) is 30.2 Å². The molecule has 0 radical (unpaired) electrons. The molecule has 0 amide bonds. The monoisotopic (exact) mass is 346 g/mol. The van der Waals surface area contributed by atoms with Crippen molar-refractivity contribution >= 4 is 17.3 Å². The number of aryl methyl sites for hydroxylation is 1. The Morgan fingerprint density at radius 1 is 1.29 bits per heavy atom. The molecule has 0 saturated carbocycles. The highest BCUT2D eigenvalue weighted by Crippen LogP contribution is 2.28. The highest BCUT2D eigenvalue weighted by Gasteiger charge is 2.22. The lowest BCUT2D eigenvalue weighted by Gasteiger charge is -2.35. The van der Waals surface area contributed by atoms with Crippen LogP contribution in [0.25, 0.3) is 10.6 Å². The smallest absolute Gasteiger partial charge is 0.347 e. The van der Waals surface area contributed by atoms with Gasteiger partial charge in [-0.05, 0) is 26.3 Å². The predicted octanol–water partition coefficient (Wildman–Crippen LogP) is 3.43. The predicted molar refractivity (Wildman–Crippen MR) is 94.5 cm³/mol. The molecule has 5 nitrogen and oxygen atoms in total. The minimum Gasteiger partial charge on any atom is -0.477 e. The summed E-state index contributed by atoms with van der Waals surface area (Å²) in [7, 11) is 0. The first-order valence-corrected chi connectivity index (χ1v) is 8.92. The molecular weight excluding hydrogens is 324 g/mol. The lowest BCUT2D eigenvalue weighted by molar-refractivity contribution is -0.0704. The van der Waals surface area contributed by atoms with E-state index in [9.17, 15) is 4.79 Å². The molecule has 2 unspecified atom stereocenters. The molecule has 2 heterocycles. The van der Waals surface area contributed by atoms with Crippen LogP contribution in [-0.2, 0) is 11.3 Å². The number of hydrogen-bond donors (Lipinski definition) is 1. The Hall–Kier alpha value is -1.76. The number of thiazole rings is 1. The van der Waals surface area contributed by atoms with Gasteiger partial charge in [-0.25, -0.2) is 9.78 Å². The summed E-state index contributed by atoms with van der Waals surface area (Å²) in [6.45, 7) is 8.74. The second-order valence-corrected chi connectivity index (χ2v) is 7.39. The highest BCUT2D eigenvalue weighted by molar-refractivity contribution is 7.17. The number of carbonyl (C=O) groups is 1. The largest absolute Gasteiger partial charge is 0.477 e. The molecule has 1 fully saturated rings. The van der Waals surface area contributed by atoms with Crippen LogP contribution in [0.2, 0.25) is 0 Å². The number of rotatable bonds is 4. The van der Waals surface area contributed by atoms with Gasteiger partial charge in [0.25, 0.3) is 0 Å². The van der Waals surface area contributed by atoms with Crippen LogP contribution in [-0.4, -0.2) is 46.3 Å². The fourth-order valence-corrected chi connectivity index (χ4v) is 4.05. The molecule has 1 aliphatic rings. The van der Waals surface area contributed by atoms with Crippen molar-refractivity contribution in [2.45, 2.75) is 39.5 Å². The number of aromatic carboxylic acids is 1. The number of ether oxygens (including phenoxy) is 1. The fraction of sp³-hybridized carbons (Fsp3) is 0.444. The van der Waals surface area contributed by atoms with Crippen molar-refractivity contribution in [1.29, 1.82) is 0 Å². The van der Waals surface area contributed by atoms with Gasteiger partial charge < -0.3 is 9.84 Å². The molecule has 1 aliphatic heterocycles. The van der Waals surface area contributed by atoms with Gasteiger partial charge in [0.2, 0.25) is 0 Å². The number of hydrogen-bond acceptors (Lipinski definition) is 5. The Labute approximate surface area is 145 Å². The third-order valence-corrected chi connectivity index (χ3v) is 5.29. The fourth-order valence-electron chi connectivity index (χ4n) is 3.14. The van der Waals surface area contributed by atoms with E-state index in [-0.39, 0.29) is 12.2 Å². The van der Waals surface area contributed by atoms with E-state index in [4.69, 9.17) is 9.84 Å². The second-order valence-electron chi connectivity index (χ2n) is 6.39. The molecule has 6 heteroatoms. The maximum atomic E-state index is 11.1. The number of aromatic nitrogens is 1. The van der Waals surface area contributed by atoms with E-state index in [2.05, 4.69) is 35.9 Å². The first-order valence-electron chi connectivity index (χ1n) is 8.10. The Bertz CT molecular complexity index is 716. The number of nitrogens with zero attached hydrogens (tertiary/aromatic N) is 2. The van der Waals surface area contributed by atoms with Crippen LogP contribution in [0.4, 0.5) is 0 Å². The van der Waals surface area contributed by atoms with E-state index in [1.807, 2.05) is 12.1 Å². The van der Waals surface area contributed by atoms with Crippen LogP contribution >= 0.6 is 11.3 Å². The molecule has 24 heavy (non-hydrogen) atoms. The molecule has 0 aliphatic carbocycles. The quantitative estimate of drug-likeness (QED) is 0.919. The first kappa shape index (κ1) is 17.1. The molecule has 1 N–H and O–H groups in total. The lowest BCUT2D eigenvalue weighted by atomic mass is 10.1. The van der Waals surface area contributed by atoms with Gasteiger partial charge >= 0.3 is 5.97 Å². The molecule has 0 spiro atoms. The van der Waals surface area contributed by atoms with Crippen LogP contribution in [0.5, 0.6) is 0 Å². The molecule has 3 rings (SSSR count). The Balaban J connectivity index is 1.71. The topological polar surface area (TPSA) is 62.7 Å². The summed E-state index contributed by atoms with van der Waals surface area (Å²) in [4.78, 5) is 18.2. The van der Waals surface area contributed by atoms with Crippen LogP contribution in [0.3, 0.4) is 0 Å². The summed E-state index contributed by atoms with van der Waals surface area (Å²) in [5.41, 5.74) is 2.78. The Morgan fingerprint density at radius 2 is 1.92 bits per heavy atom. The molecule has 0 bridgehead atoms. The van der Waals surface area contributed by atoms with E-state index in [1.165, 1.54) is 16.9 Å². The number of morpholine rings is 1. The highest BCUT2D eigenvalue weighted by atomic mass is 32.1. The lowest BCUT2D eigenvalue weighted by Crippen LogP contribution is -2.44. The zero-order valence-electron chi connectivity index (χ0n) is 14.2. The summed E-state index contributed by atoms with van der Waals surface area (Å²) >= 11 is 1.23. The van der Waals surface area contributed by atoms with E-state index in [1.54, 1.807) is 6.92 Å². The number of carboxylic acid groups (broad SMARTS) is 1. The maximum Gasteiger partial charge on any atom is 0.347 e. The summed E-state index contributed by atoms with van der Waals surface area (Å²) in [5.74, 6) is -0.913. The van der Waals surface area contributed by atoms with Crippen molar-refractivity contribution in [2.75, 3.05) is 13.1 Å². The number of carboxylic acids is 1. The first-order chi connectivity index (χ1) is 11.4. The minimum atomic E-state index is -0.913. The van der Waals surface area contributed by atoms with Crippen LogP contribution < -0.4 is 0 Å². The molecule has 1 aromatic carbocycles. The van der Waals surface area contributed by atoms with Crippen LogP contribution in [0.15, 0.2) is 24.3 Å². The summed E-state index contributed by atoms with van der Waals surface area (Å²) in [6, 6.07) is 8.23. The Kier molecular flexibility index (Phi) is 4.99. The minimum absolute atomic E-state index is 0.265. The Morgan fingerprint density at radius 3 is 2.46 bits per heavy atom. The maximum absolute atomic E-state index is 11.1. The van der Waals surface area contributed by atoms with Gasteiger partial charge in [0.15, 0.2) is 0 Å². The third-order valence-electron chi connectivity index (χ3n) is 4.09. The molecule has 1 aromatic heterocycles. The van der Waals surface area contributed by atoms with Crippen molar-refractivity contribution in [1.82, 2.24) is 9.88 Å². The summed E-state index contributed by atoms with van der Waals surface area (Å²) in [5, 5.41) is 9.90.